The Bertz CT molecular complexity index is 627. The summed E-state index contributed by atoms with van der Waals surface area (Å²) in [6.45, 7) is 1.02. The van der Waals surface area contributed by atoms with E-state index in [1.165, 1.54) is 25.3 Å². The molecule has 20 heavy (non-hydrogen) atoms. The highest BCUT2D eigenvalue weighted by molar-refractivity contribution is 5.54. The lowest BCUT2D eigenvalue weighted by Crippen LogP contribution is -2.18. The first kappa shape index (κ1) is 12.0. The predicted molar refractivity (Wildman–Crippen MR) is 71.3 cm³/mol. The van der Waals surface area contributed by atoms with Crippen LogP contribution in [0.5, 0.6) is 0 Å². The standard InChI is InChI=1S/C15H16FN3O/c16-12-7-2-1-5-11(12)14-18-15(20-19-14)13-10-6-3-4-9(10)8-17-13/h1-2,5,7,9-10,13,17H,3-4,6,8H2. The largest absolute Gasteiger partial charge is 0.337 e. The molecule has 2 fully saturated rings. The Morgan fingerprint density at radius 3 is 3.05 bits per heavy atom. The van der Waals surface area contributed by atoms with Crippen LogP contribution in [0.3, 0.4) is 0 Å². The van der Waals surface area contributed by atoms with Crippen molar-refractivity contribution in [3.63, 3.8) is 0 Å². The molecule has 4 nitrogen and oxygen atoms in total. The summed E-state index contributed by atoms with van der Waals surface area (Å²) in [7, 11) is 0. The van der Waals surface area contributed by atoms with Gasteiger partial charge >= 0.3 is 0 Å². The van der Waals surface area contributed by atoms with E-state index < -0.39 is 0 Å². The summed E-state index contributed by atoms with van der Waals surface area (Å²) < 4.78 is 19.1. The minimum atomic E-state index is -0.321. The highest BCUT2D eigenvalue weighted by Crippen LogP contribution is 2.44. The van der Waals surface area contributed by atoms with Gasteiger partial charge in [-0.25, -0.2) is 4.39 Å². The molecule has 1 aliphatic carbocycles. The second-order valence-electron chi connectivity index (χ2n) is 5.68. The average molecular weight is 273 g/mol. The van der Waals surface area contributed by atoms with E-state index in [4.69, 9.17) is 4.52 Å². The smallest absolute Gasteiger partial charge is 0.244 e. The molecule has 0 amide bonds. The van der Waals surface area contributed by atoms with Crippen LogP contribution in [0.1, 0.15) is 31.2 Å². The first-order chi connectivity index (χ1) is 9.83. The van der Waals surface area contributed by atoms with E-state index in [2.05, 4.69) is 15.5 Å². The third-order valence-corrected chi connectivity index (χ3v) is 4.57. The number of aromatic nitrogens is 2. The number of benzene rings is 1. The Morgan fingerprint density at radius 1 is 1.25 bits per heavy atom. The van der Waals surface area contributed by atoms with E-state index in [1.54, 1.807) is 18.2 Å². The van der Waals surface area contributed by atoms with Crippen molar-refractivity contribution in [1.29, 1.82) is 0 Å². The molecule has 0 spiro atoms. The van der Waals surface area contributed by atoms with Crippen molar-refractivity contribution in [2.24, 2.45) is 11.8 Å². The molecule has 3 unspecified atom stereocenters. The second kappa shape index (κ2) is 4.66. The summed E-state index contributed by atoms with van der Waals surface area (Å²) in [5, 5.41) is 7.40. The number of rotatable bonds is 2. The van der Waals surface area contributed by atoms with E-state index in [0.29, 0.717) is 23.2 Å². The zero-order chi connectivity index (χ0) is 13.5. The summed E-state index contributed by atoms with van der Waals surface area (Å²) >= 11 is 0. The number of nitrogens with zero attached hydrogens (tertiary/aromatic N) is 2. The van der Waals surface area contributed by atoms with Crippen LogP contribution in [0, 0.1) is 17.7 Å². The summed E-state index contributed by atoms with van der Waals surface area (Å²) in [5.41, 5.74) is 0.392. The zero-order valence-electron chi connectivity index (χ0n) is 11.1. The molecule has 3 atom stereocenters. The van der Waals surface area contributed by atoms with Crippen molar-refractivity contribution in [3.05, 3.63) is 36.0 Å². The number of nitrogens with one attached hydrogen (secondary N) is 1. The SMILES string of the molecule is Fc1ccccc1-c1noc(C2NCC3CCCC32)n1. The molecular weight excluding hydrogens is 257 g/mol. The van der Waals surface area contributed by atoms with Crippen LogP contribution in [0.15, 0.2) is 28.8 Å². The molecule has 1 saturated carbocycles. The Hall–Kier alpha value is -1.75. The summed E-state index contributed by atoms with van der Waals surface area (Å²) in [6, 6.07) is 6.64. The predicted octanol–water partition coefficient (Wildman–Crippen LogP) is 2.94. The van der Waals surface area contributed by atoms with Gasteiger partial charge in [0, 0.05) is 0 Å². The molecular formula is C15H16FN3O. The van der Waals surface area contributed by atoms with Crippen LogP contribution in [0.2, 0.25) is 0 Å². The van der Waals surface area contributed by atoms with Crippen molar-refractivity contribution < 1.29 is 8.91 Å². The maximum Gasteiger partial charge on any atom is 0.244 e. The van der Waals surface area contributed by atoms with Gasteiger partial charge < -0.3 is 9.84 Å². The molecule has 2 aromatic rings. The second-order valence-corrected chi connectivity index (χ2v) is 5.68. The van der Waals surface area contributed by atoms with Gasteiger partial charge in [-0.2, -0.15) is 4.98 Å². The molecule has 0 radical (unpaired) electrons. The lowest BCUT2D eigenvalue weighted by molar-refractivity contribution is 0.302. The first-order valence-corrected chi connectivity index (χ1v) is 7.15. The summed E-state index contributed by atoms with van der Waals surface area (Å²) in [6.07, 6.45) is 3.77. The molecule has 104 valence electrons. The van der Waals surface area contributed by atoms with Gasteiger partial charge in [0.1, 0.15) is 5.82 Å². The average Bonchev–Trinajstić information content (AvgIpc) is 3.14. The number of hydrogen-bond acceptors (Lipinski definition) is 4. The Labute approximate surface area is 116 Å². The molecule has 1 aliphatic heterocycles. The van der Waals surface area contributed by atoms with E-state index in [1.807, 2.05) is 0 Å². The van der Waals surface area contributed by atoms with Gasteiger partial charge in [0.25, 0.3) is 0 Å². The van der Waals surface area contributed by atoms with Crippen LogP contribution in [0.4, 0.5) is 4.39 Å². The lowest BCUT2D eigenvalue weighted by atomic mass is 9.94. The van der Waals surface area contributed by atoms with Gasteiger partial charge in [-0.1, -0.05) is 23.7 Å². The van der Waals surface area contributed by atoms with Crippen molar-refractivity contribution in [2.45, 2.75) is 25.3 Å². The first-order valence-electron chi connectivity index (χ1n) is 7.15. The van der Waals surface area contributed by atoms with Crippen LogP contribution in [-0.2, 0) is 0 Å². The molecule has 1 saturated heterocycles. The molecule has 0 bridgehead atoms. The van der Waals surface area contributed by atoms with Crippen LogP contribution in [-0.4, -0.2) is 16.7 Å². The van der Waals surface area contributed by atoms with E-state index >= 15 is 0 Å². The molecule has 1 aromatic heterocycles. The molecule has 4 rings (SSSR count). The highest BCUT2D eigenvalue weighted by atomic mass is 19.1. The highest BCUT2D eigenvalue weighted by Gasteiger charge is 2.42. The number of halogens is 1. The normalized spacial score (nSPS) is 28.8. The van der Waals surface area contributed by atoms with Gasteiger partial charge in [-0.3, -0.25) is 0 Å². The molecule has 2 heterocycles. The minimum Gasteiger partial charge on any atom is -0.337 e. The quantitative estimate of drug-likeness (QED) is 0.914. The Kier molecular flexibility index (Phi) is 2.80. The maximum atomic E-state index is 13.7. The van der Waals surface area contributed by atoms with Gasteiger partial charge in [0.15, 0.2) is 0 Å². The monoisotopic (exact) mass is 273 g/mol. The number of hydrogen-bond donors (Lipinski definition) is 1. The third kappa shape index (κ3) is 1.85. The van der Waals surface area contributed by atoms with Crippen molar-refractivity contribution in [2.75, 3.05) is 6.54 Å². The number of fused-ring (bicyclic) bond motifs is 1. The van der Waals surface area contributed by atoms with Crippen molar-refractivity contribution in [1.82, 2.24) is 15.5 Å². The van der Waals surface area contributed by atoms with Crippen LogP contribution in [0.25, 0.3) is 11.4 Å². The molecule has 1 aromatic carbocycles. The van der Waals surface area contributed by atoms with Crippen LogP contribution < -0.4 is 5.32 Å². The van der Waals surface area contributed by atoms with E-state index in [-0.39, 0.29) is 11.9 Å². The fourth-order valence-corrected chi connectivity index (χ4v) is 3.57. The topological polar surface area (TPSA) is 51.0 Å². The fraction of sp³-hybridized carbons (Fsp3) is 0.467. The fourth-order valence-electron chi connectivity index (χ4n) is 3.57. The third-order valence-electron chi connectivity index (χ3n) is 4.57. The van der Waals surface area contributed by atoms with Crippen molar-refractivity contribution in [3.8, 4) is 11.4 Å². The van der Waals surface area contributed by atoms with Crippen molar-refractivity contribution >= 4 is 0 Å². The minimum absolute atomic E-state index is 0.135. The van der Waals surface area contributed by atoms with E-state index in [9.17, 15) is 4.39 Å². The van der Waals surface area contributed by atoms with Crippen LogP contribution >= 0.6 is 0 Å². The van der Waals surface area contributed by atoms with E-state index in [0.717, 1.165) is 12.5 Å². The molecule has 5 heteroatoms. The summed E-state index contributed by atoms with van der Waals surface area (Å²) in [4.78, 5) is 4.40. The maximum absolute atomic E-state index is 13.7. The molecule has 1 N–H and O–H groups in total. The van der Waals surface area contributed by atoms with Gasteiger partial charge in [0.05, 0.1) is 11.6 Å². The Morgan fingerprint density at radius 2 is 2.15 bits per heavy atom. The Balaban J connectivity index is 1.64. The molecule has 2 aliphatic rings. The lowest BCUT2D eigenvalue weighted by Gasteiger charge is -2.13. The summed E-state index contributed by atoms with van der Waals surface area (Å²) in [5.74, 6) is 1.92. The van der Waals surface area contributed by atoms with Gasteiger partial charge in [0.2, 0.25) is 11.7 Å². The van der Waals surface area contributed by atoms with Gasteiger partial charge in [-0.15, -0.1) is 0 Å². The van der Waals surface area contributed by atoms with Gasteiger partial charge in [-0.05, 0) is 43.4 Å². The zero-order valence-corrected chi connectivity index (χ0v) is 11.1.